The second kappa shape index (κ2) is 8.20. The van der Waals surface area contributed by atoms with E-state index in [1.165, 1.54) is 4.90 Å². The predicted molar refractivity (Wildman–Crippen MR) is 119 cm³/mol. The summed E-state index contributed by atoms with van der Waals surface area (Å²) in [4.78, 5) is 50.6. The summed E-state index contributed by atoms with van der Waals surface area (Å²) in [5.74, 6) is -1.11. The molecular formula is C25H23N3O5. The summed E-state index contributed by atoms with van der Waals surface area (Å²) in [7, 11) is 0. The third kappa shape index (κ3) is 4.00. The third-order valence-electron chi connectivity index (χ3n) is 6.24. The maximum Gasteiger partial charge on any atom is 0.255 e. The fraction of sp³-hybridized carbons (Fsp3) is 0.280. The van der Waals surface area contributed by atoms with Crippen molar-refractivity contribution in [3.8, 4) is 0 Å². The molecule has 2 aromatic carbocycles. The van der Waals surface area contributed by atoms with Crippen LogP contribution in [-0.4, -0.2) is 34.6 Å². The summed E-state index contributed by atoms with van der Waals surface area (Å²) in [6, 6.07) is 10.7. The van der Waals surface area contributed by atoms with Crippen molar-refractivity contribution < 1.29 is 23.6 Å². The Hall–Kier alpha value is -3.94. The highest BCUT2D eigenvalue weighted by Crippen LogP contribution is 2.28. The van der Waals surface area contributed by atoms with Crippen LogP contribution in [0.4, 0.5) is 0 Å². The van der Waals surface area contributed by atoms with E-state index in [1.807, 2.05) is 37.3 Å². The predicted octanol–water partition coefficient (Wildman–Crippen LogP) is 2.36. The highest BCUT2D eigenvalue weighted by Gasteiger charge is 2.39. The first kappa shape index (κ1) is 20.9. The fourth-order valence-corrected chi connectivity index (χ4v) is 4.48. The molecule has 1 fully saturated rings. The summed E-state index contributed by atoms with van der Waals surface area (Å²) in [6.45, 7) is 2.61. The van der Waals surface area contributed by atoms with Crippen molar-refractivity contribution in [3.63, 3.8) is 0 Å². The van der Waals surface area contributed by atoms with Crippen LogP contribution in [0.25, 0.3) is 11.0 Å². The van der Waals surface area contributed by atoms with E-state index in [0.29, 0.717) is 18.5 Å². The number of piperidine rings is 1. The van der Waals surface area contributed by atoms with Crippen molar-refractivity contribution in [1.82, 2.24) is 15.5 Å². The highest BCUT2D eigenvalue weighted by molar-refractivity contribution is 6.05. The lowest BCUT2D eigenvalue weighted by molar-refractivity contribution is -0.137. The summed E-state index contributed by atoms with van der Waals surface area (Å²) in [6.07, 6.45) is 2.36. The van der Waals surface area contributed by atoms with Crippen molar-refractivity contribution in [2.45, 2.75) is 45.3 Å². The normalized spacial score (nSPS) is 17.9. The van der Waals surface area contributed by atoms with Gasteiger partial charge in [0.25, 0.3) is 5.91 Å². The highest BCUT2D eigenvalue weighted by atomic mass is 16.3. The van der Waals surface area contributed by atoms with Gasteiger partial charge >= 0.3 is 0 Å². The Labute approximate surface area is 189 Å². The number of imide groups is 1. The molecule has 0 spiro atoms. The van der Waals surface area contributed by atoms with E-state index >= 15 is 0 Å². The first-order valence-electron chi connectivity index (χ1n) is 10.9. The number of hydrogen-bond donors (Lipinski definition) is 2. The molecule has 3 heterocycles. The molecule has 33 heavy (non-hydrogen) atoms. The van der Waals surface area contributed by atoms with E-state index in [-0.39, 0.29) is 37.1 Å². The van der Waals surface area contributed by atoms with Crippen LogP contribution in [-0.2, 0) is 33.9 Å². The molecule has 2 aliphatic heterocycles. The first-order chi connectivity index (χ1) is 15.9. The van der Waals surface area contributed by atoms with E-state index in [9.17, 15) is 19.2 Å². The first-order valence-corrected chi connectivity index (χ1v) is 10.9. The van der Waals surface area contributed by atoms with Crippen LogP contribution in [0, 0.1) is 6.92 Å². The Balaban J connectivity index is 1.23. The number of furan rings is 1. The Morgan fingerprint density at radius 3 is 2.85 bits per heavy atom. The molecule has 168 valence electrons. The Morgan fingerprint density at radius 1 is 1.18 bits per heavy atom. The van der Waals surface area contributed by atoms with Gasteiger partial charge in [-0.15, -0.1) is 0 Å². The van der Waals surface area contributed by atoms with Gasteiger partial charge in [0.1, 0.15) is 11.6 Å². The molecule has 0 radical (unpaired) electrons. The lowest BCUT2D eigenvalue weighted by Gasteiger charge is -2.29. The molecule has 8 nitrogen and oxygen atoms in total. The van der Waals surface area contributed by atoms with Crippen LogP contribution in [0.2, 0.25) is 0 Å². The minimum Gasteiger partial charge on any atom is -0.464 e. The number of carbonyl (C=O) groups excluding carboxylic acids is 4. The molecule has 8 heteroatoms. The van der Waals surface area contributed by atoms with Crippen molar-refractivity contribution in [3.05, 3.63) is 70.5 Å². The van der Waals surface area contributed by atoms with Crippen LogP contribution >= 0.6 is 0 Å². The van der Waals surface area contributed by atoms with Crippen LogP contribution in [0.1, 0.15) is 45.5 Å². The average Bonchev–Trinajstić information content (AvgIpc) is 3.33. The van der Waals surface area contributed by atoms with E-state index in [1.54, 1.807) is 12.3 Å². The molecule has 1 atom stereocenters. The summed E-state index contributed by atoms with van der Waals surface area (Å²) in [5.41, 5.74) is 4.84. The fourth-order valence-electron chi connectivity index (χ4n) is 4.48. The van der Waals surface area contributed by atoms with E-state index in [2.05, 4.69) is 10.6 Å². The molecule has 1 aromatic heterocycles. The Kier molecular flexibility index (Phi) is 5.20. The number of amides is 4. The molecule has 1 unspecified atom stereocenters. The van der Waals surface area contributed by atoms with Gasteiger partial charge in [0.05, 0.1) is 12.7 Å². The van der Waals surface area contributed by atoms with E-state index in [4.69, 9.17) is 4.42 Å². The Bertz CT molecular complexity index is 1310. The summed E-state index contributed by atoms with van der Waals surface area (Å²) >= 11 is 0. The van der Waals surface area contributed by atoms with Crippen molar-refractivity contribution >= 4 is 34.6 Å². The van der Waals surface area contributed by atoms with Crippen LogP contribution < -0.4 is 10.6 Å². The zero-order valence-electron chi connectivity index (χ0n) is 18.1. The van der Waals surface area contributed by atoms with Gasteiger partial charge in [0.15, 0.2) is 0 Å². The molecule has 1 saturated heterocycles. The van der Waals surface area contributed by atoms with Crippen LogP contribution in [0.15, 0.2) is 47.1 Å². The molecule has 0 aliphatic carbocycles. The van der Waals surface area contributed by atoms with Gasteiger partial charge < -0.3 is 14.6 Å². The minimum atomic E-state index is -0.640. The molecule has 2 N–H and O–H groups in total. The largest absolute Gasteiger partial charge is 0.464 e. The molecule has 2 aliphatic rings. The number of hydrogen-bond acceptors (Lipinski definition) is 5. The maximum atomic E-state index is 12.9. The number of rotatable bonds is 5. The maximum absolute atomic E-state index is 12.9. The molecule has 0 saturated carbocycles. The number of carbonyl (C=O) groups is 4. The van der Waals surface area contributed by atoms with Gasteiger partial charge in [0.2, 0.25) is 17.7 Å². The van der Waals surface area contributed by atoms with Crippen LogP contribution in [0.3, 0.4) is 0 Å². The second-order valence-corrected chi connectivity index (χ2v) is 8.61. The molecule has 3 aromatic rings. The number of benzene rings is 2. The number of nitrogens with one attached hydrogen (secondary N) is 2. The monoisotopic (exact) mass is 445 g/mol. The van der Waals surface area contributed by atoms with Gasteiger partial charge in [-0.1, -0.05) is 23.8 Å². The average molecular weight is 445 g/mol. The lowest BCUT2D eigenvalue weighted by Crippen LogP contribution is -2.52. The quantitative estimate of drug-likeness (QED) is 0.586. The van der Waals surface area contributed by atoms with Crippen molar-refractivity contribution in [2.24, 2.45) is 0 Å². The number of nitrogens with zero attached hydrogens (tertiary/aromatic N) is 1. The van der Waals surface area contributed by atoms with Crippen molar-refractivity contribution in [1.29, 1.82) is 0 Å². The van der Waals surface area contributed by atoms with Gasteiger partial charge in [-0.2, -0.15) is 0 Å². The van der Waals surface area contributed by atoms with Gasteiger partial charge in [0, 0.05) is 36.0 Å². The summed E-state index contributed by atoms with van der Waals surface area (Å²) in [5, 5.41) is 6.14. The lowest BCUT2D eigenvalue weighted by atomic mass is 10.0. The third-order valence-corrected chi connectivity index (χ3v) is 6.24. The van der Waals surface area contributed by atoms with Crippen molar-refractivity contribution in [2.75, 3.05) is 0 Å². The topological polar surface area (TPSA) is 109 Å². The van der Waals surface area contributed by atoms with Crippen LogP contribution in [0.5, 0.6) is 0 Å². The van der Waals surface area contributed by atoms with Gasteiger partial charge in [-0.05, 0) is 42.7 Å². The minimum absolute atomic E-state index is 0.142. The molecular weight excluding hydrogens is 422 g/mol. The molecule has 0 bridgehead atoms. The van der Waals surface area contributed by atoms with Gasteiger partial charge in [-0.25, -0.2) is 0 Å². The van der Waals surface area contributed by atoms with E-state index < -0.39 is 11.9 Å². The molecule has 5 rings (SSSR count). The number of aryl methyl sites for hydroxylation is 1. The summed E-state index contributed by atoms with van der Waals surface area (Å²) < 4.78 is 5.53. The van der Waals surface area contributed by atoms with Gasteiger partial charge in [-0.3, -0.25) is 24.5 Å². The zero-order chi connectivity index (χ0) is 23.1. The molecule has 4 amide bonds. The Morgan fingerprint density at radius 2 is 2.03 bits per heavy atom. The smallest absolute Gasteiger partial charge is 0.255 e. The second-order valence-electron chi connectivity index (χ2n) is 8.61. The van der Waals surface area contributed by atoms with E-state index in [0.717, 1.165) is 33.2 Å². The SMILES string of the molecule is Cc1ccc2occ(CC(=O)NCc3ccc4c(c3)C(=O)N(C3CCC(=O)NC3=O)C4)c2c1. The number of fused-ring (bicyclic) bond motifs is 2. The standard InChI is InChI=1S/C25H23N3O5/c1-14-2-6-21-18(8-14)17(13-33-21)10-23(30)26-11-15-3-4-16-12-28(25(32)19(16)9-15)20-5-7-22(29)27-24(20)31/h2-4,6,8-9,13,20H,5,7,10-12H2,1H3,(H,26,30)(H,27,29,31). The zero-order valence-corrected chi connectivity index (χ0v) is 18.1.